The zero-order chi connectivity index (χ0) is 18.5. The normalized spacial score (nSPS) is 16.7. The van der Waals surface area contributed by atoms with Gasteiger partial charge in [-0.15, -0.1) is 0 Å². The molecule has 0 aliphatic carbocycles. The maximum absolute atomic E-state index is 12.1. The van der Waals surface area contributed by atoms with Gasteiger partial charge in [0.2, 0.25) is 0 Å². The fourth-order valence-electron chi connectivity index (χ4n) is 2.08. The van der Waals surface area contributed by atoms with E-state index >= 15 is 0 Å². The van der Waals surface area contributed by atoms with Gasteiger partial charge in [-0.2, -0.15) is 0 Å². The van der Waals surface area contributed by atoms with Crippen LogP contribution in [0, 0.1) is 0 Å². The molecule has 0 atom stereocenters. The number of thioether (sulfide) groups is 1. The fraction of sp³-hybridized carbons (Fsp3) is 0.0556. The molecule has 1 heterocycles. The van der Waals surface area contributed by atoms with Crippen LogP contribution in [0.15, 0.2) is 62.9 Å². The van der Waals surface area contributed by atoms with Crippen LogP contribution in [0.25, 0.3) is 6.08 Å². The van der Waals surface area contributed by atoms with Crippen molar-refractivity contribution in [3.63, 3.8) is 0 Å². The highest BCUT2D eigenvalue weighted by Gasteiger charge is 2.23. The largest absolute Gasteiger partial charge is 0.484 e. The van der Waals surface area contributed by atoms with Crippen LogP contribution in [0.2, 0.25) is 0 Å². The Morgan fingerprint density at radius 1 is 1.19 bits per heavy atom. The van der Waals surface area contributed by atoms with Crippen LogP contribution in [0.4, 0.5) is 5.69 Å². The monoisotopic (exact) mass is 431 g/mol. The predicted octanol–water partition coefficient (Wildman–Crippen LogP) is 3.20. The molecule has 132 valence electrons. The standard InChI is InChI=1S/C18H14BrN3O3S/c19-12-3-5-13(6-4-12)21-18-22-17(24)15(26-18)9-11-1-7-14(8-2-11)25-10-16(20)23/h1-9H,10H2,(H2,20,23)(H,21,22,24)/b15-9-. The van der Waals surface area contributed by atoms with E-state index in [1.54, 1.807) is 30.3 Å². The summed E-state index contributed by atoms with van der Waals surface area (Å²) < 4.78 is 6.17. The number of nitrogens with two attached hydrogens (primary N) is 1. The van der Waals surface area contributed by atoms with Crippen LogP contribution in [0.1, 0.15) is 5.56 Å². The number of ether oxygens (including phenoxy) is 1. The smallest absolute Gasteiger partial charge is 0.264 e. The maximum Gasteiger partial charge on any atom is 0.264 e. The van der Waals surface area contributed by atoms with E-state index in [1.807, 2.05) is 24.3 Å². The third-order valence-corrected chi connectivity index (χ3v) is 4.71. The first-order valence-electron chi connectivity index (χ1n) is 7.56. The molecule has 0 spiro atoms. The van der Waals surface area contributed by atoms with Crippen molar-refractivity contribution in [2.24, 2.45) is 10.7 Å². The van der Waals surface area contributed by atoms with E-state index in [9.17, 15) is 9.59 Å². The van der Waals surface area contributed by atoms with E-state index in [4.69, 9.17) is 10.5 Å². The van der Waals surface area contributed by atoms with Gasteiger partial charge in [0.05, 0.1) is 10.6 Å². The Morgan fingerprint density at radius 3 is 2.54 bits per heavy atom. The van der Waals surface area contributed by atoms with Gasteiger partial charge in [0.25, 0.3) is 11.8 Å². The lowest BCUT2D eigenvalue weighted by Gasteiger charge is -2.03. The number of amidine groups is 1. The zero-order valence-electron chi connectivity index (χ0n) is 13.4. The topological polar surface area (TPSA) is 93.8 Å². The van der Waals surface area contributed by atoms with Gasteiger partial charge in [-0.3, -0.25) is 9.59 Å². The number of nitrogens with one attached hydrogen (secondary N) is 1. The molecule has 0 radical (unpaired) electrons. The minimum absolute atomic E-state index is 0.172. The third kappa shape index (κ3) is 4.96. The van der Waals surface area contributed by atoms with Gasteiger partial charge in [0, 0.05) is 4.47 Å². The molecular formula is C18H14BrN3O3S. The number of primary amides is 1. The Hall–Kier alpha value is -2.58. The lowest BCUT2D eigenvalue weighted by atomic mass is 10.2. The van der Waals surface area contributed by atoms with Gasteiger partial charge in [-0.25, -0.2) is 4.99 Å². The molecule has 2 aromatic rings. The summed E-state index contributed by atoms with van der Waals surface area (Å²) in [6, 6.07) is 14.5. The second-order valence-electron chi connectivity index (χ2n) is 5.28. The number of hydrogen-bond acceptors (Lipinski definition) is 5. The van der Waals surface area contributed by atoms with Gasteiger partial charge < -0.3 is 15.8 Å². The molecule has 8 heteroatoms. The molecule has 3 rings (SSSR count). The van der Waals surface area contributed by atoms with Crippen LogP contribution in [0.5, 0.6) is 5.75 Å². The highest BCUT2D eigenvalue weighted by atomic mass is 79.9. The van der Waals surface area contributed by atoms with E-state index in [1.165, 1.54) is 11.8 Å². The molecule has 1 aliphatic rings. The zero-order valence-corrected chi connectivity index (χ0v) is 15.8. The van der Waals surface area contributed by atoms with Crippen molar-refractivity contribution in [3.05, 3.63) is 63.5 Å². The summed E-state index contributed by atoms with van der Waals surface area (Å²) in [5.41, 5.74) is 6.63. The molecule has 0 bridgehead atoms. The molecule has 0 unspecified atom stereocenters. The third-order valence-electron chi connectivity index (χ3n) is 3.27. The van der Waals surface area contributed by atoms with Gasteiger partial charge in [0.15, 0.2) is 11.8 Å². The highest BCUT2D eigenvalue weighted by Crippen LogP contribution is 2.28. The van der Waals surface area contributed by atoms with E-state index in [2.05, 4.69) is 26.2 Å². The van der Waals surface area contributed by atoms with Crippen molar-refractivity contribution < 1.29 is 14.3 Å². The number of benzene rings is 2. The molecule has 2 amide bonds. The molecule has 6 nitrogen and oxygen atoms in total. The van der Waals surface area contributed by atoms with Gasteiger partial charge in [0.1, 0.15) is 5.75 Å². The molecule has 1 fully saturated rings. The molecule has 1 saturated heterocycles. The van der Waals surface area contributed by atoms with Crippen molar-refractivity contribution in [1.82, 2.24) is 5.32 Å². The first-order chi connectivity index (χ1) is 12.5. The Kier molecular flexibility index (Phi) is 5.75. The average molecular weight is 432 g/mol. The Balaban J connectivity index is 1.70. The van der Waals surface area contributed by atoms with E-state index < -0.39 is 5.91 Å². The van der Waals surface area contributed by atoms with Crippen molar-refractivity contribution >= 4 is 56.4 Å². The Morgan fingerprint density at radius 2 is 1.88 bits per heavy atom. The molecule has 2 aromatic carbocycles. The van der Waals surface area contributed by atoms with Crippen LogP contribution in [0.3, 0.4) is 0 Å². The molecule has 3 N–H and O–H groups in total. The van der Waals surface area contributed by atoms with Crippen molar-refractivity contribution in [1.29, 1.82) is 0 Å². The molecule has 0 aromatic heterocycles. The maximum atomic E-state index is 12.1. The number of amides is 2. The van der Waals surface area contributed by atoms with Crippen LogP contribution < -0.4 is 15.8 Å². The summed E-state index contributed by atoms with van der Waals surface area (Å²) in [5.74, 6) is -0.195. The Labute approximate surface area is 162 Å². The number of carbonyl (C=O) groups excluding carboxylic acids is 2. The summed E-state index contributed by atoms with van der Waals surface area (Å²) in [6.45, 7) is -0.172. The number of aliphatic imine (C=N–C) groups is 1. The van der Waals surface area contributed by atoms with Crippen LogP contribution in [-0.4, -0.2) is 23.6 Å². The lowest BCUT2D eigenvalue weighted by Crippen LogP contribution is -2.19. The van der Waals surface area contributed by atoms with Crippen LogP contribution in [-0.2, 0) is 9.59 Å². The number of rotatable bonds is 5. The minimum Gasteiger partial charge on any atom is -0.484 e. The van der Waals surface area contributed by atoms with Crippen molar-refractivity contribution in [3.8, 4) is 5.75 Å². The second kappa shape index (κ2) is 8.20. The Bertz CT molecular complexity index is 893. The quantitative estimate of drug-likeness (QED) is 0.710. The average Bonchev–Trinajstić information content (AvgIpc) is 2.95. The molecule has 26 heavy (non-hydrogen) atoms. The predicted molar refractivity (Wildman–Crippen MR) is 106 cm³/mol. The summed E-state index contributed by atoms with van der Waals surface area (Å²) in [6.07, 6.45) is 1.77. The minimum atomic E-state index is -0.534. The number of carbonyl (C=O) groups is 2. The highest BCUT2D eigenvalue weighted by molar-refractivity contribution is 9.10. The summed E-state index contributed by atoms with van der Waals surface area (Å²) >= 11 is 4.65. The van der Waals surface area contributed by atoms with E-state index in [-0.39, 0.29) is 12.5 Å². The number of hydrogen-bond donors (Lipinski definition) is 2. The number of nitrogens with zero attached hydrogens (tertiary/aromatic N) is 1. The SMILES string of the molecule is NC(=O)COc1ccc(/C=C2\SC(=Nc3ccc(Br)cc3)NC2=O)cc1. The van der Waals surface area contributed by atoms with Gasteiger partial charge in [-0.05, 0) is 59.8 Å². The lowest BCUT2D eigenvalue weighted by molar-refractivity contribution is -0.120. The first kappa shape index (κ1) is 18.2. The summed E-state index contributed by atoms with van der Waals surface area (Å²) in [7, 11) is 0. The van der Waals surface area contributed by atoms with Gasteiger partial charge in [-0.1, -0.05) is 28.1 Å². The van der Waals surface area contributed by atoms with Crippen molar-refractivity contribution in [2.75, 3.05) is 6.61 Å². The van der Waals surface area contributed by atoms with Crippen molar-refractivity contribution in [2.45, 2.75) is 0 Å². The van der Waals surface area contributed by atoms with Gasteiger partial charge >= 0.3 is 0 Å². The summed E-state index contributed by atoms with van der Waals surface area (Å²) in [4.78, 5) is 27.8. The summed E-state index contributed by atoms with van der Waals surface area (Å²) in [5, 5.41) is 3.28. The fourth-order valence-corrected chi connectivity index (χ4v) is 3.19. The second-order valence-corrected chi connectivity index (χ2v) is 7.23. The molecular weight excluding hydrogens is 418 g/mol. The van der Waals surface area contributed by atoms with E-state index in [0.29, 0.717) is 15.8 Å². The molecule has 1 aliphatic heterocycles. The first-order valence-corrected chi connectivity index (χ1v) is 9.17. The van der Waals surface area contributed by atoms with Crippen LogP contribution >= 0.6 is 27.7 Å². The molecule has 0 saturated carbocycles. The number of halogens is 1. The van der Waals surface area contributed by atoms with E-state index in [0.717, 1.165) is 15.7 Å².